The second-order valence-corrected chi connectivity index (χ2v) is 5.25. The van der Waals surface area contributed by atoms with E-state index < -0.39 is 0 Å². The summed E-state index contributed by atoms with van der Waals surface area (Å²) in [5.74, 6) is 1.19. The van der Waals surface area contributed by atoms with E-state index in [1.54, 1.807) is 0 Å². The molecule has 3 atom stereocenters. The van der Waals surface area contributed by atoms with Gasteiger partial charge >= 0.3 is 0 Å². The maximum absolute atomic E-state index is 9.06. The fraction of sp³-hybridized carbons (Fsp3) is 0.769. The van der Waals surface area contributed by atoms with Crippen molar-refractivity contribution >= 4 is 0 Å². The Bertz CT molecular complexity index is 461. The van der Waals surface area contributed by atoms with Crippen LogP contribution in [0.1, 0.15) is 57.9 Å². The average Bonchev–Trinajstić information content (AvgIpc) is 2.72. The molecule has 1 aliphatic rings. The van der Waals surface area contributed by atoms with Gasteiger partial charge < -0.3 is 9.26 Å². The molecule has 0 aliphatic heterocycles. The van der Waals surface area contributed by atoms with Crippen molar-refractivity contribution in [2.45, 2.75) is 46.1 Å². The van der Waals surface area contributed by atoms with Crippen LogP contribution in [0.2, 0.25) is 0 Å². The fourth-order valence-corrected chi connectivity index (χ4v) is 2.42. The van der Waals surface area contributed by atoms with E-state index in [9.17, 15) is 0 Å². The van der Waals surface area contributed by atoms with Crippen molar-refractivity contribution in [2.24, 2.45) is 11.3 Å². The Morgan fingerprint density at radius 2 is 2.22 bits per heavy atom. The summed E-state index contributed by atoms with van der Waals surface area (Å²) < 4.78 is 10.8. The number of nitrogens with zero attached hydrogens (tertiary/aromatic N) is 3. The summed E-state index contributed by atoms with van der Waals surface area (Å²) in [6.07, 6.45) is 0.692. The van der Waals surface area contributed by atoms with Crippen molar-refractivity contribution < 1.29 is 9.26 Å². The fourth-order valence-electron chi connectivity index (χ4n) is 2.42. The number of hydrogen-bond acceptors (Lipinski definition) is 5. The third-order valence-corrected chi connectivity index (χ3v) is 3.72. The second-order valence-electron chi connectivity index (χ2n) is 5.25. The van der Waals surface area contributed by atoms with Gasteiger partial charge in [-0.25, -0.2) is 0 Å². The van der Waals surface area contributed by atoms with Gasteiger partial charge in [0.2, 0.25) is 11.7 Å². The predicted octanol–water partition coefficient (Wildman–Crippen LogP) is 2.82. The van der Waals surface area contributed by atoms with Crippen LogP contribution >= 0.6 is 0 Å². The van der Waals surface area contributed by atoms with Crippen LogP contribution in [0.3, 0.4) is 0 Å². The largest absolute Gasteiger partial charge is 0.370 e. The van der Waals surface area contributed by atoms with E-state index >= 15 is 0 Å². The van der Waals surface area contributed by atoms with E-state index in [2.05, 4.69) is 30.1 Å². The Labute approximate surface area is 107 Å². The van der Waals surface area contributed by atoms with Crippen molar-refractivity contribution in [3.63, 3.8) is 0 Å². The minimum Gasteiger partial charge on any atom is -0.370 e. The summed E-state index contributed by atoms with van der Waals surface area (Å²) in [6, 6.07) is 2.30. The Morgan fingerprint density at radius 1 is 1.50 bits per heavy atom. The molecule has 1 aromatic rings. The molecule has 1 saturated carbocycles. The molecule has 0 radical (unpaired) electrons. The first-order chi connectivity index (χ1) is 8.56. The summed E-state index contributed by atoms with van der Waals surface area (Å²) in [5, 5.41) is 13.0. The highest BCUT2D eigenvalue weighted by atomic mass is 16.5. The van der Waals surface area contributed by atoms with Crippen molar-refractivity contribution in [2.75, 3.05) is 6.61 Å². The van der Waals surface area contributed by atoms with Crippen LogP contribution in [-0.2, 0) is 4.74 Å². The average molecular weight is 249 g/mol. The van der Waals surface area contributed by atoms with E-state index in [1.165, 1.54) is 0 Å². The van der Waals surface area contributed by atoms with Gasteiger partial charge in [0.25, 0.3) is 0 Å². The molecule has 5 nitrogen and oxygen atoms in total. The summed E-state index contributed by atoms with van der Waals surface area (Å²) in [4.78, 5) is 4.40. The molecule has 18 heavy (non-hydrogen) atoms. The Balaban J connectivity index is 2.15. The zero-order valence-corrected chi connectivity index (χ0v) is 11.3. The minimum absolute atomic E-state index is 0.0297. The SMILES string of the molecule is CCOC(CC)c1noc(C2C(C#N)C2(C)C)n1. The monoisotopic (exact) mass is 249 g/mol. The lowest BCUT2D eigenvalue weighted by Crippen LogP contribution is -2.05. The third kappa shape index (κ3) is 2.01. The lowest BCUT2D eigenvalue weighted by atomic mass is 10.1. The molecule has 1 heterocycles. The quantitative estimate of drug-likeness (QED) is 0.802. The highest BCUT2D eigenvalue weighted by molar-refractivity contribution is 5.26. The number of ether oxygens (including phenoxy) is 1. The van der Waals surface area contributed by atoms with Crippen LogP contribution < -0.4 is 0 Å². The molecule has 98 valence electrons. The molecule has 5 heteroatoms. The van der Waals surface area contributed by atoms with Gasteiger partial charge in [-0.15, -0.1) is 0 Å². The summed E-state index contributed by atoms with van der Waals surface area (Å²) >= 11 is 0. The maximum Gasteiger partial charge on any atom is 0.231 e. The Kier molecular flexibility index (Phi) is 3.40. The molecule has 0 spiro atoms. The van der Waals surface area contributed by atoms with Crippen molar-refractivity contribution in [3.05, 3.63) is 11.7 Å². The first-order valence-electron chi connectivity index (χ1n) is 6.40. The van der Waals surface area contributed by atoms with Gasteiger partial charge in [-0.2, -0.15) is 10.2 Å². The van der Waals surface area contributed by atoms with Gasteiger partial charge in [0.1, 0.15) is 6.10 Å². The number of nitriles is 1. The predicted molar refractivity (Wildman–Crippen MR) is 64.6 cm³/mol. The maximum atomic E-state index is 9.06. The van der Waals surface area contributed by atoms with Crippen LogP contribution in [0.5, 0.6) is 0 Å². The summed E-state index contributed by atoms with van der Waals surface area (Å²) in [6.45, 7) is 8.69. The summed E-state index contributed by atoms with van der Waals surface area (Å²) in [7, 11) is 0. The van der Waals surface area contributed by atoms with Crippen LogP contribution in [0, 0.1) is 22.7 Å². The van der Waals surface area contributed by atoms with Crippen molar-refractivity contribution in [3.8, 4) is 6.07 Å². The van der Waals surface area contributed by atoms with Gasteiger partial charge in [0.15, 0.2) is 0 Å². The standard InChI is InChI=1S/C13H19N3O2/c1-5-9(17-6-2)11-15-12(18-16-11)10-8(7-14)13(10,3)4/h8-10H,5-6H2,1-4H3. The molecule has 2 rings (SSSR count). The molecule has 0 aromatic carbocycles. The topological polar surface area (TPSA) is 71.9 Å². The first kappa shape index (κ1) is 13.0. The molecule has 0 N–H and O–H groups in total. The zero-order chi connectivity index (χ0) is 13.3. The normalized spacial score (nSPS) is 26.6. The van der Waals surface area contributed by atoms with E-state index in [-0.39, 0.29) is 23.4 Å². The minimum atomic E-state index is -0.116. The lowest BCUT2D eigenvalue weighted by Gasteiger charge is -2.09. The highest BCUT2D eigenvalue weighted by Gasteiger charge is 2.62. The van der Waals surface area contributed by atoms with Crippen molar-refractivity contribution in [1.82, 2.24) is 10.1 Å². The molecule has 1 fully saturated rings. The van der Waals surface area contributed by atoms with Gasteiger partial charge in [0, 0.05) is 6.61 Å². The van der Waals surface area contributed by atoms with Crippen LogP contribution in [0.25, 0.3) is 0 Å². The molecular formula is C13H19N3O2. The van der Waals surface area contributed by atoms with Gasteiger partial charge in [0.05, 0.1) is 17.9 Å². The molecule has 0 bridgehead atoms. The van der Waals surface area contributed by atoms with Gasteiger partial charge in [-0.3, -0.25) is 0 Å². The summed E-state index contributed by atoms with van der Waals surface area (Å²) in [5.41, 5.74) is -0.0636. The molecule has 1 aromatic heterocycles. The zero-order valence-electron chi connectivity index (χ0n) is 11.3. The smallest absolute Gasteiger partial charge is 0.231 e. The van der Waals surface area contributed by atoms with E-state index in [0.717, 1.165) is 6.42 Å². The second kappa shape index (κ2) is 4.69. The molecule has 0 amide bonds. The van der Waals surface area contributed by atoms with E-state index in [4.69, 9.17) is 14.5 Å². The number of rotatable bonds is 5. The Hall–Kier alpha value is -1.41. The third-order valence-electron chi connectivity index (χ3n) is 3.72. The number of aromatic nitrogens is 2. The first-order valence-corrected chi connectivity index (χ1v) is 6.40. The molecular weight excluding hydrogens is 230 g/mol. The lowest BCUT2D eigenvalue weighted by molar-refractivity contribution is 0.0518. The number of hydrogen-bond donors (Lipinski definition) is 0. The molecule has 1 aliphatic carbocycles. The van der Waals surface area contributed by atoms with E-state index in [0.29, 0.717) is 18.3 Å². The van der Waals surface area contributed by atoms with Crippen molar-refractivity contribution in [1.29, 1.82) is 5.26 Å². The van der Waals surface area contributed by atoms with Gasteiger partial charge in [-0.1, -0.05) is 25.9 Å². The van der Waals surface area contributed by atoms with Crippen LogP contribution in [0.15, 0.2) is 4.52 Å². The van der Waals surface area contributed by atoms with E-state index in [1.807, 2.05) is 13.8 Å². The van der Waals surface area contributed by atoms with Gasteiger partial charge in [-0.05, 0) is 18.8 Å². The van der Waals surface area contributed by atoms with Crippen LogP contribution in [0.4, 0.5) is 0 Å². The van der Waals surface area contributed by atoms with Crippen LogP contribution in [-0.4, -0.2) is 16.7 Å². The highest BCUT2D eigenvalue weighted by Crippen LogP contribution is 2.63. The Morgan fingerprint density at radius 3 is 2.72 bits per heavy atom. The molecule has 3 unspecified atom stereocenters. The molecule has 0 saturated heterocycles.